The fraction of sp³-hybridized carbons (Fsp3) is 0.182. The summed E-state index contributed by atoms with van der Waals surface area (Å²) in [5.74, 6) is -0.625. The van der Waals surface area contributed by atoms with Gasteiger partial charge < -0.3 is 5.32 Å². The third-order valence-corrected chi connectivity index (χ3v) is 5.50. The number of fused-ring (bicyclic) bond motifs is 1. The third-order valence-electron chi connectivity index (χ3n) is 5.50. The van der Waals surface area contributed by atoms with Crippen LogP contribution in [0.5, 0.6) is 0 Å². The molecule has 0 spiro atoms. The zero-order chi connectivity index (χ0) is 20.7. The summed E-state index contributed by atoms with van der Waals surface area (Å²) in [6.45, 7) is 0.0938. The van der Waals surface area contributed by atoms with Crippen LogP contribution in [0.2, 0.25) is 0 Å². The van der Waals surface area contributed by atoms with Crippen LogP contribution in [0.1, 0.15) is 24.1 Å². The highest BCUT2D eigenvalue weighted by molar-refractivity contribution is 5.91. The number of aromatic nitrogens is 4. The van der Waals surface area contributed by atoms with Crippen molar-refractivity contribution in [3.8, 4) is 11.3 Å². The number of nitrogens with one attached hydrogen (secondary N) is 2. The molecule has 7 nitrogen and oxygen atoms in total. The average molecular weight is 403 g/mol. The molecule has 5 rings (SSSR count). The molecule has 2 N–H and O–H groups in total. The highest BCUT2D eigenvalue weighted by Gasteiger charge is 2.52. The summed E-state index contributed by atoms with van der Waals surface area (Å²) < 4.78 is 15.5. The van der Waals surface area contributed by atoms with Gasteiger partial charge in [0.2, 0.25) is 5.91 Å². The Bertz CT molecular complexity index is 1310. The van der Waals surface area contributed by atoms with Gasteiger partial charge in [0.25, 0.3) is 5.56 Å². The number of pyridine rings is 1. The van der Waals surface area contributed by atoms with Gasteiger partial charge in [0.05, 0.1) is 23.3 Å². The van der Waals surface area contributed by atoms with Gasteiger partial charge in [-0.3, -0.25) is 19.7 Å². The average Bonchev–Trinajstić information content (AvgIpc) is 3.45. The molecule has 30 heavy (non-hydrogen) atoms. The summed E-state index contributed by atoms with van der Waals surface area (Å²) in [6.07, 6.45) is 4.53. The number of hydrogen-bond donors (Lipinski definition) is 2. The number of halogens is 1. The van der Waals surface area contributed by atoms with E-state index in [9.17, 15) is 14.0 Å². The molecule has 0 bridgehead atoms. The van der Waals surface area contributed by atoms with Crippen molar-refractivity contribution in [1.82, 2.24) is 24.9 Å². The number of benzene rings is 1. The normalized spacial score (nSPS) is 14.6. The number of nitrogens with zero attached hydrogens (tertiary/aromatic N) is 3. The van der Waals surface area contributed by atoms with Crippen LogP contribution >= 0.6 is 0 Å². The highest BCUT2D eigenvalue weighted by Crippen LogP contribution is 2.49. The zero-order valence-electron chi connectivity index (χ0n) is 15.9. The largest absolute Gasteiger partial charge is 0.350 e. The van der Waals surface area contributed by atoms with Crippen LogP contribution in [0.15, 0.2) is 65.7 Å². The lowest BCUT2D eigenvalue weighted by atomic mass is 9.94. The Morgan fingerprint density at radius 3 is 2.67 bits per heavy atom. The summed E-state index contributed by atoms with van der Waals surface area (Å²) in [5, 5.41) is 5.84. The highest BCUT2D eigenvalue weighted by atomic mass is 19.1. The van der Waals surface area contributed by atoms with Crippen molar-refractivity contribution in [3.63, 3.8) is 0 Å². The molecule has 1 saturated carbocycles. The van der Waals surface area contributed by atoms with Gasteiger partial charge in [-0.05, 0) is 31.0 Å². The number of rotatable bonds is 5. The minimum Gasteiger partial charge on any atom is -0.350 e. The molecule has 8 heteroatoms. The summed E-state index contributed by atoms with van der Waals surface area (Å²) in [6, 6.07) is 13.2. The Morgan fingerprint density at radius 2 is 1.93 bits per heavy atom. The Kier molecular flexibility index (Phi) is 4.20. The van der Waals surface area contributed by atoms with E-state index in [1.807, 2.05) is 12.1 Å². The molecule has 0 atom stereocenters. The standard InChI is InChI=1S/C22H18FN5O2/c23-17-4-2-1-3-16(17)22(7-8-22)21(30)25-13-15-11-20(29)28-19(26-15)12-18(27-28)14-5-9-24-10-6-14/h1-6,9-12,27H,7-8,13H2,(H,25,30). The molecule has 1 aliphatic carbocycles. The van der Waals surface area contributed by atoms with Gasteiger partial charge in [-0.25, -0.2) is 13.9 Å². The van der Waals surface area contributed by atoms with Crippen molar-refractivity contribution in [1.29, 1.82) is 0 Å². The van der Waals surface area contributed by atoms with Crippen molar-refractivity contribution in [2.24, 2.45) is 0 Å². The smallest absolute Gasteiger partial charge is 0.272 e. The second-order valence-corrected chi connectivity index (χ2v) is 7.43. The van der Waals surface area contributed by atoms with E-state index in [0.29, 0.717) is 29.7 Å². The molecule has 1 fully saturated rings. The van der Waals surface area contributed by atoms with Crippen molar-refractivity contribution in [2.75, 3.05) is 0 Å². The predicted octanol–water partition coefficient (Wildman–Crippen LogP) is 2.57. The van der Waals surface area contributed by atoms with Gasteiger partial charge >= 0.3 is 0 Å². The number of H-pyrrole nitrogens is 1. The van der Waals surface area contributed by atoms with Gasteiger partial charge in [0, 0.05) is 35.7 Å². The maximum Gasteiger partial charge on any atom is 0.272 e. The van der Waals surface area contributed by atoms with Gasteiger partial charge in [-0.2, -0.15) is 0 Å². The van der Waals surface area contributed by atoms with Crippen molar-refractivity contribution >= 4 is 11.6 Å². The van der Waals surface area contributed by atoms with Crippen LogP contribution in [0.3, 0.4) is 0 Å². The van der Waals surface area contributed by atoms with Crippen LogP contribution in [0.4, 0.5) is 4.39 Å². The molecular formula is C22H18FN5O2. The molecule has 150 valence electrons. The monoisotopic (exact) mass is 403 g/mol. The minimum absolute atomic E-state index is 0.0938. The fourth-order valence-corrected chi connectivity index (χ4v) is 3.74. The molecule has 1 aromatic carbocycles. The van der Waals surface area contributed by atoms with Gasteiger partial charge in [0.15, 0.2) is 5.65 Å². The Morgan fingerprint density at radius 1 is 1.17 bits per heavy atom. The number of carbonyl (C=O) groups is 1. The summed E-state index contributed by atoms with van der Waals surface area (Å²) in [7, 11) is 0. The quantitative estimate of drug-likeness (QED) is 0.536. The molecule has 3 aromatic heterocycles. The van der Waals surface area contributed by atoms with Gasteiger partial charge in [-0.1, -0.05) is 18.2 Å². The predicted molar refractivity (Wildman–Crippen MR) is 108 cm³/mol. The minimum atomic E-state index is -0.826. The van der Waals surface area contributed by atoms with Crippen molar-refractivity contribution in [2.45, 2.75) is 24.8 Å². The number of amides is 1. The molecule has 1 aliphatic rings. The zero-order valence-corrected chi connectivity index (χ0v) is 15.9. The molecule has 3 heterocycles. The van der Waals surface area contributed by atoms with Crippen LogP contribution in [-0.2, 0) is 16.8 Å². The van der Waals surface area contributed by atoms with Crippen LogP contribution in [-0.4, -0.2) is 25.5 Å². The van der Waals surface area contributed by atoms with E-state index >= 15 is 0 Å². The first-order valence-electron chi connectivity index (χ1n) is 9.62. The molecule has 0 saturated heterocycles. The number of hydrogen-bond acceptors (Lipinski definition) is 4. The van der Waals surface area contributed by atoms with Crippen LogP contribution in [0.25, 0.3) is 16.9 Å². The van der Waals surface area contributed by atoms with Crippen molar-refractivity contribution < 1.29 is 9.18 Å². The maximum absolute atomic E-state index is 14.2. The number of aromatic amines is 1. The maximum atomic E-state index is 14.2. The van der Waals surface area contributed by atoms with Gasteiger partial charge in [0.1, 0.15) is 5.82 Å². The third kappa shape index (κ3) is 3.06. The van der Waals surface area contributed by atoms with E-state index in [0.717, 1.165) is 11.3 Å². The lowest BCUT2D eigenvalue weighted by Crippen LogP contribution is -2.35. The molecule has 4 aromatic rings. The van der Waals surface area contributed by atoms with Crippen LogP contribution < -0.4 is 10.9 Å². The first kappa shape index (κ1) is 18.2. The SMILES string of the molecule is O=C(NCc1cc(=O)n2[nH]c(-c3ccncc3)cc2n1)C1(c2ccccc2F)CC1. The summed E-state index contributed by atoms with van der Waals surface area (Å²) in [5.41, 5.74) is 1.82. The molecule has 1 amide bonds. The molecular weight excluding hydrogens is 385 g/mol. The molecule has 0 aliphatic heterocycles. The van der Waals surface area contributed by atoms with E-state index < -0.39 is 5.41 Å². The van der Waals surface area contributed by atoms with E-state index in [1.54, 1.807) is 36.7 Å². The second kappa shape index (κ2) is 6.91. The summed E-state index contributed by atoms with van der Waals surface area (Å²) >= 11 is 0. The fourth-order valence-electron chi connectivity index (χ4n) is 3.74. The van der Waals surface area contributed by atoms with Crippen LogP contribution in [0, 0.1) is 5.82 Å². The second-order valence-electron chi connectivity index (χ2n) is 7.43. The Labute approximate surface area is 170 Å². The molecule has 0 unspecified atom stereocenters. The number of carbonyl (C=O) groups excluding carboxylic acids is 1. The summed E-state index contributed by atoms with van der Waals surface area (Å²) in [4.78, 5) is 33.7. The lowest BCUT2D eigenvalue weighted by Gasteiger charge is -2.16. The topological polar surface area (TPSA) is 92.2 Å². The lowest BCUT2D eigenvalue weighted by molar-refractivity contribution is -0.123. The first-order chi connectivity index (χ1) is 14.6. The van der Waals surface area contributed by atoms with Crippen molar-refractivity contribution in [3.05, 3.63) is 88.4 Å². The Balaban J connectivity index is 1.38. The Hall–Kier alpha value is -3.81. The van der Waals surface area contributed by atoms with E-state index in [-0.39, 0.29) is 23.8 Å². The van der Waals surface area contributed by atoms with E-state index in [1.165, 1.54) is 16.6 Å². The van der Waals surface area contributed by atoms with E-state index in [4.69, 9.17) is 0 Å². The van der Waals surface area contributed by atoms with Gasteiger partial charge in [-0.15, -0.1) is 0 Å². The first-order valence-corrected chi connectivity index (χ1v) is 9.62. The molecule has 0 radical (unpaired) electrons. The van der Waals surface area contributed by atoms with E-state index in [2.05, 4.69) is 20.4 Å².